The van der Waals surface area contributed by atoms with Gasteiger partial charge >= 0.3 is 0 Å². The number of benzene rings is 3. The van der Waals surface area contributed by atoms with Gasteiger partial charge in [0.1, 0.15) is 5.75 Å². The second kappa shape index (κ2) is 9.29. The SMILES string of the molecule is COc1ccc([C@H]2Nc3ccccc3-c3nnc(SCc4ccccc4Cl)nc3O2)cc1C. The number of methoxy groups -OCH3 is 1. The number of rotatable bonds is 5. The average molecular weight is 477 g/mol. The Balaban J connectivity index is 1.50. The van der Waals surface area contributed by atoms with Crippen LogP contribution >= 0.6 is 23.4 Å². The summed E-state index contributed by atoms with van der Waals surface area (Å²) in [5, 5.41) is 13.5. The summed E-state index contributed by atoms with van der Waals surface area (Å²) in [5.41, 5.74) is 5.40. The molecule has 0 fully saturated rings. The van der Waals surface area contributed by atoms with Gasteiger partial charge in [0.05, 0.1) is 7.11 Å². The minimum absolute atomic E-state index is 0.433. The number of aryl methyl sites for hydroxylation is 1. The molecule has 1 atom stereocenters. The van der Waals surface area contributed by atoms with Crippen LogP contribution in [0.1, 0.15) is 22.9 Å². The number of anilines is 1. The molecule has 1 N–H and O–H groups in total. The number of para-hydroxylation sites is 1. The maximum Gasteiger partial charge on any atom is 0.247 e. The number of fused-ring (bicyclic) bond motifs is 3. The van der Waals surface area contributed by atoms with E-state index in [4.69, 9.17) is 26.1 Å². The molecule has 0 unspecified atom stereocenters. The molecule has 0 saturated carbocycles. The van der Waals surface area contributed by atoms with E-state index in [0.717, 1.165) is 38.7 Å². The van der Waals surface area contributed by atoms with Gasteiger partial charge in [-0.1, -0.05) is 59.8 Å². The third kappa shape index (κ3) is 4.47. The molecule has 5 rings (SSSR count). The highest BCUT2D eigenvalue weighted by atomic mass is 35.5. The van der Waals surface area contributed by atoms with Crippen molar-refractivity contribution >= 4 is 29.1 Å². The molecule has 6 nitrogen and oxygen atoms in total. The van der Waals surface area contributed by atoms with E-state index < -0.39 is 6.23 Å². The van der Waals surface area contributed by atoms with Crippen LogP contribution in [-0.4, -0.2) is 22.3 Å². The second-order valence-electron chi connectivity index (χ2n) is 7.55. The van der Waals surface area contributed by atoms with E-state index in [9.17, 15) is 0 Å². The zero-order chi connectivity index (χ0) is 22.8. The largest absolute Gasteiger partial charge is 0.496 e. The van der Waals surface area contributed by atoms with Crippen molar-refractivity contribution in [1.29, 1.82) is 0 Å². The van der Waals surface area contributed by atoms with Crippen molar-refractivity contribution in [1.82, 2.24) is 15.2 Å². The van der Waals surface area contributed by atoms with E-state index in [1.807, 2.05) is 73.7 Å². The first-order valence-electron chi connectivity index (χ1n) is 10.4. The fourth-order valence-electron chi connectivity index (χ4n) is 3.68. The average Bonchev–Trinajstić information content (AvgIpc) is 3.00. The van der Waals surface area contributed by atoms with E-state index in [1.165, 1.54) is 11.8 Å². The van der Waals surface area contributed by atoms with Crippen molar-refractivity contribution in [3.8, 4) is 22.9 Å². The van der Waals surface area contributed by atoms with Crippen molar-refractivity contribution in [2.45, 2.75) is 24.1 Å². The first-order valence-corrected chi connectivity index (χ1v) is 11.8. The molecule has 0 aliphatic carbocycles. The second-order valence-corrected chi connectivity index (χ2v) is 8.89. The molecule has 166 valence electrons. The molecule has 33 heavy (non-hydrogen) atoms. The van der Waals surface area contributed by atoms with Crippen LogP contribution in [0, 0.1) is 6.92 Å². The number of hydrogen-bond donors (Lipinski definition) is 1. The maximum atomic E-state index is 6.37. The molecule has 1 aliphatic heterocycles. The van der Waals surface area contributed by atoms with Gasteiger partial charge in [-0.15, -0.1) is 10.2 Å². The Bertz CT molecular complexity index is 1320. The molecule has 8 heteroatoms. The lowest BCUT2D eigenvalue weighted by molar-refractivity contribution is 0.225. The zero-order valence-electron chi connectivity index (χ0n) is 18.1. The first kappa shape index (κ1) is 21.6. The van der Waals surface area contributed by atoms with Gasteiger partial charge < -0.3 is 14.8 Å². The summed E-state index contributed by atoms with van der Waals surface area (Å²) in [6.45, 7) is 2.01. The summed E-state index contributed by atoms with van der Waals surface area (Å²) < 4.78 is 11.8. The highest BCUT2D eigenvalue weighted by molar-refractivity contribution is 7.98. The number of aromatic nitrogens is 3. The molecule has 1 aromatic heterocycles. The van der Waals surface area contributed by atoms with Gasteiger partial charge in [-0.25, -0.2) is 0 Å². The van der Waals surface area contributed by atoms with E-state index >= 15 is 0 Å². The summed E-state index contributed by atoms with van der Waals surface area (Å²) in [6, 6.07) is 21.6. The van der Waals surface area contributed by atoms with Crippen LogP contribution in [0.5, 0.6) is 11.6 Å². The quantitative estimate of drug-likeness (QED) is 0.339. The highest BCUT2D eigenvalue weighted by Gasteiger charge is 2.26. The molecular formula is C25H21ClN4O2S. The van der Waals surface area contributed by atoms with E-state index in [0.29, 0.717) is 22.5 Å². The predicted octanol–water partition coefficient (Wildman–Crippen LogP) is 6.30. The van der Waals surface area contributed by atoms with Gasteiger partial charge in [0.2, 0.25) is 11.0 Å². The topological polar surface area (TPSA) is 69.2 Å². The smallest absolute Gasteiger partial charge is 0.247 e. The Hall–Kier alpha value is -3.29. The molecule has 0 saturated heterocycles. The van der Waals surface area contributed by atoms with Crippen LogP contribution in [0.2, 0.25) is 5.02 Å². The van der Waals surface area contributed by atoms with Crippen molar-refractivity contribution in [2.24, 2.45) is 0 Å². The lowest BCUT2D eigenvalue weighted by Gasteiger charge is -2.20. The predicted molar refractivity (Wildman–Crippen MR) is 131 cm³/mol. The van der Waals surface area contributed by atoms with Gasteiger partial charge in [0, 0.05) is 27.6 Å². The van der Waals surface area contributed by atoms with Crippen LogP contribution < -0.4 is 14.8 Å². The summed E-state index contributed by atoms with van der Waals surface area (Å²) in [6.07, 6.45) is -0.449. The molecule has 1 aliphatic rings. The van der Waals surface area contributed by atoms with Gasteiger partial charge in [-0.3, -0.25) is 0 Å². The molecule has 0 amide bonds. The van der Waals surface area contributed by atoms with Crippen LogP contribution in [0.25, 0.3) is 11.3 Å². The third-order valence-corrected chi connectivity index (χ3v) is 6.63. The Morgan fingerprint density at radius 1 is 1.06 bits per heavy atom. The summed E-state index contributed by atoms with van der Waals surface area (Å²) in [5.74, 6) is 1.90. The number of ether oxygens (including phenoxy) is 2. The van der Waals surface area contributed by atoms with Crippen LogP contribution in [0.3, 0.4) is 0 Å². The van der Waals surface area contributed by atoms with Crippen LogP contribution in [-0.2, 0) is 5.75 Å². The van der Waals surface area contributed by atoms with Crippen molar-refractivity contribution in [3.05, 3.63) is 88.4 Å². The molecular weight excluding hydrogens is 456 g/mol. The molecule has 3 aromatic carbocycles. The minimum Gasteiger partial charge on any atom is -0.496 e. The van der Waals surface area contributed by atoms with Gasteiger partial charge in [0.15, 0.2) is 11.9 Å². The van der Waals surface area contributed by atoms with Gasteiger partial charge in [-0.2, -0.15) is 4.98 Å². The summed E-state index contributed by atoms with van der Waals surface area (Å²) >= 11 is 7.76. The number of hydrogen-bond acceptors (Lipinski definition) is 7. The fraction of sp³-hybridized carbons (Fsp3) is 0.160. The summed E-state index contributed by atoms with van der Waals surface area (Å²) in [4.78, 5) is 4.71. The normalized spacial score (nSPS) is 14.3. The minimum atomic E-state index is -0.449. The molecule has 4 aromatic rings. The summed E-state index contributed by atoms with van der Waals surface area (Å²) in [7, 11) is 1.67. The van der Waals surface area contributed by atoms with Crippen molar-refractivity contribution in [2.75, 3.05) is 12.4 Å². The molecule has 2 heterocycles. The van der Waals surface area contributed by atoms with Crippen LogP contribution in [0.15, 0.2) is 71.9 Å². The number of nitrogens with one attached hydrogen (secondary N) is 1. The maximum absolute atomic E-state index is 6.37. The number of halogens is 1. The number of nitrogens with zero attached hydrogens (tertiary/aromatic N) is 3. The molecule has 0 radical (unpaired) electrons. The van der Waals surface area contributed by atoms with E-state index in [1.54, 1.807) is 7.11 Å². The zero-order valence-corrected chi connectivity index (χ0v) is 19.7. The first-order chi connectivity index (χ1) is 16.1. The van der Waals surface area contributed by atoms with Crippen molar-refractivity contribution in [3.63, 3.8) is 0 Å². The Morgan fingerprint density at radius 2 is 1.88 bits per heavy atom. The van der Waals surface area contributed by atoms with E-state index in [-0.39, 0.29) is 0 Å². The lowest BCUT2D eigenvalue weighted by Crippen LogP contribution is -2.17. The Morgan fingerprint density at radius 3 is 2.70 bits per heavy atom. The molecule has 0 bridgehead atoms. The Kier molecular flexibility index (Phi) is 6.07. The highest BCUT2D eigenvalue weighted by Crippen LogP contribution is 2.40. The van der Waals surface area contributed by atoms with Crippen LogP contribution in [0.4, 0.5) is 5.69 Å². The van der Waals surface area contributed by atoms with Gasteiger partial charge in [-0.05, 0) is 48.4 Å². The molecule has 0 spiro atoms. The standard InChI is InChI=1S/C25H21ClN4O2S/c1-15-13-16(11-12-21(15)31-2)23-27-20-10-6-4-8-18(20)22-24(32-23)28-25(30-29-22)33-14-17-7-3-5-9-19(17)26/h3-13,23,27H,14H2,1-2H3/t23-/m0/s1. The third-order valence-electron chi connectivity index (χ3n) is 5.37. The van der Waals surface area contributed by atoms with Gasteiger partial charge in [0.25, 0.3) is 0 Å². The number of thioether (sulfide) groups is 1. The lowest BCUT2D eigenvalue weighted by atomic mass is 10.1. The van der Waals surface area contributed by atoms with Crippen molar-refractivity contribution < 1.29 is 9.47 Å². The van der Waals surface area contributed by atoms with E-state index in [2.05, 4.69) is 15.5 Å². The fourth-order valence-corrected chi connectivity index (χ4v) is 4.75. The monoisotopic (exact) mass is 476 g/mol. The Labute approximate surface area is 201 Å².